The third-order valence-corrected chi connectivity index (χ3v) is 3.28. The summed E-state index contributed by atoms with van der Waals surface area (Å²) >= 11 is 0. The Bertz CT molecular complexity index is 739. The van der Waals surface area contributed by atoms with Crippen LogP contribution in [0.3, 0.4) is 0 Å². The van der Waals surface area contributed by atoms with Crippen molar-refractivity contribution >= 4 is 29.0 Å². The Morgan fingerprint density at radius 2 is 1.46 bits per heavy atom. The molecule has 3 N–H and O–H groups in total. The SMILES string of the molecule is CCC=C(C)C(=O)Nc1cccc(NC(=O)Nc2ccccc2)c1. The summed E-state index contributed by atoms with van der Waals surface area (Å²) < 4.78 is 0. The number of carbonyl (C=O) groups excluding carboxylic acids is 2. The van der Waals surface area contributed by atoms with E-state index in [9.17, 15) is 9.59 Å². The second kappa shape index (κ2) is 8.53. The molecule has 3 amide bonds. The summed E-state index contributed by atoms with van der Waals surface area (Å²) in [5.41, 5.74) is 2.59. The van der Waals surface area contributed by atoms with Crippen molar-refractivity contribution in [2.24, 2.45) is 0 Å². The number of nitrogens with one attached hydrogen (secondary N) is 3. The highest BCUT2D eigenvalue weighted by Gasteiger charge is 2.06. The smallest absolute Gasteiger partial charge is 0.322 e. The van der Waals surface area contributed by atoms with Crippen molar-refractivity contribution in [3.8, 4) is 0 Å². The number of para-hydroxylation sites is 1. The lowest BCUT2D eigenvalue weighted by Crippen LogP contribution is -2.19. The van der Waals surface area contributed by atoms with Crippen molar-refractivity contribution in [3.05, 3.63) is 66.2 Å². The van der Waals surface area contributed by atoms with Gasteiger partial charge in [0.25, 0.3) is 5.91 Å². The molecule has 0 aliphatic carbocycles. The number of allylic oxidation sites excluding steroid dienone is 1. The van der Waals surface area contributed by atoms with E-state index in [4.69, 9.17) is 0 Å². The van der Waals surface area contributed by atoms with E-state index in [1.54, 1.807) is 43.3 Å². The second-order valence-corrected chi connectivity index (χ2v) is 5.28. The molecule has 2 aromatic carbocycles. The molecule has 5 heteroatoms. The highest BCUT2D eigenvalue weighted by Crippen LogP contribution is 2.16. The Labute approximate surface area is 141 Å². The van der Waals surface area contributed by atoms with Gasteiger partial charge < -0.3 is 16.0 Å². The Balaban J connectivity index is 1.98. The fourth-order valence-corrected chi connectivity index (χ4v) is 2.12. The molecule has 0 unspecified atom stereocenters. The second-order valence-electron chi connectivity index (χ2n) is 5.28. The predicted molar refractivity (Wildman–Crippen MR) is 98.2 cm³/mol. The quantitative estimate of drug-likeness (QED) is 0.702. The van der Waals surface area contributed by atoms with Crippen molar-refractivity contribution in [3.63, 3.8) is 0 Å². The molecule has 0 spiro atoms. The van der Waals surface area contributed by atoms with Crippen LogP contribution < -0.4 is 16.0 Å². The van der Waals surface area contributed by atoms with Gasteiger partial charge in [-0.25, -0.2) is 4.79 Å². The summed E-state index contributed by atoms with van der Waals surface area (Å²) in [5, 5.41) is 8.29. The first-order chi connectivity index (χ1) is 11.6. The molecule has 2 rings (SSSR count). The van der Waals surface area contributed by atoms with Crippen LogP contribution in [-0.4, -0.2) is 11.9 Å². The van der Waals surface area contributed by atoms with Crippen molar-refractivity contribution in [2.45, 2.75) is 20.3 Å². The zero-order valence-electron chi connectivity index (χ0n) is 13.8. The van der Waals surface area contributed by atoms with Gasteiger partial charge in [0, 0.05) is 22.6 Å². The third-order valence-electron chi connectivity index (χ3n) is 3.28. The number of hydrogen-bond acceptors (Lipinski definition) is 2. The highest BCUT2D eigenvalue weighted by atomic mass is 16.2. The highest BCUT2D eigenvalue weighted by molar-refractivity contribution is 6.04. The first-order valence-electron chi connectivity index (χ1n) is 7.79. The maximum absolute atomic E-state index is 12.0. The van der Waals surface area contributed by atoms with E-state index in [1.165, 1.54) is 0 Å². The fraction of sp³-hybridized carbons (Fsp3) is 0.158. The van der Waals surface area contributed by atoms with Gasteiger partial charge in [-0.2, -0.15) is 0 Å². The van der Waals surface area contributed by atoms with E-state index in [1.807, 2.05) is 31.2 Å². The van der Waals surface area contributed by atoms with Gasteiger partial charge in [-0.05, 0) is 43.7 Å². The van der Waals surface area contributed by atoms with Crippen LogP contribution in [0.15, 0.2) is 66.2 Å². The third kappa shape index (κ3) is 5.28. The van der Waals surface area contributed by atoms with Gasteiger partial charge in [-0.3, -0.25) is 4.79 Å². The van der Waals surface area contributed by atoms with Crippen molar-refractivity contribution in [2.75, 3.05) is 16.0 Å². The van der Waals surface area contributed by atoms with E-state index in [0.717, 1.165) is 6.42 Å². The maximum Gasteiger partial charge on any atom is 0.323 e. The average Bonchev–Trinajstić information content (AvgIpc) is 2.56. The van der Waals surface area contributed by atoms with Gasteiger partial charge in [-0.15, -0.1) is 0 Å². The number of anilines is 3. The number of benzene rings is 2. The minimum absolute atomic E-state index is 0.150. The Morgan fingerprint density at radius 3 is 2.12 bits per heavy atom. The van der Waals surface area contributed by atoms with E-state index in [0.29, 0.717) is 22.6 Å². The summed E-state index contributed by atoms with van der Waals surface area (Å²) in [7, 11) is 0. The first kappa shape index (κ1) is 17.3. The molecule has 0 atom stereocenters. The van der Waals surface area contributed by atoms with Crippen LogP contribution in [0, 0.1) is 0 Å². The number of amides is 3. The Kier molecular flexibility index (Phi) is 6.14. The minimum Gasteiger partial charge on any atom is -0.322 e. The molecular weight excluding hydrogens is 302 g/mol. The molecule has 5 nitrogen and oxygen atoms in total. The lowest BCUT2D eigenvalue weighted by atomic mass is 10.2. The van der Waals surface area contributed by atoms with Gasteiger partial charge in [0.05, 0.1) is 0 Å². The van der Waals surface area contributed by atoms with Crippen LogP contribution in [-0.2, 0) is 4.79 Å². The van der Waals surface area contributed by atoms with Crippen LogP contribution in [0.4, 0.5) is 21.9 Å². The molecule has 24 heavy (non-hydrogen) atoms. The summed E-state index contributed by atoms with van der Waals surface area (Å²) in [6, 6.07) is 15.9. The van der Waals surface area contributed by atoms with Crippen molar-refractivity contribution in [1.82, 2.24) is 0 Å². The van der Waals surface area contributed by atoms with E-state index in [2.05, 4.69) is 16.0 Å². The first-order valence-corrected chi connectivity index (χ1v) is 7.79. The largest absolute Gasteiger partial charge is 0.323 e. The molecule has 0 aliphatic rings. The van der Waals surface area contributed by atoms with Gasteiger partial charge in [0.2, 0.25) is 0 Å². The monoisotopic (exact) mass is 323 g/mol. The van der Waals surface area contributed by atoms with Gasteiger partial charge in [0.15, 0.2) is 0 Å². The van der Waals surface area contributed by atoms with Gasteiger partial charge in [0.1, 0.15) is 0 Å². The molecule has 0 fully saturated rings. The number of carbonyl (C=O) groups is 2. The average molecular weight is 323 g/mol. The van der Waals surface area contributed by atoms with Crippen LogP contribution in [0.2, 0.25) is 0 Å². The number of hydrogen-bond donors (Lipinski definition) is 3. The molecule has 0 saturated heterocycles. The Hall–Kier alpha value is -3.08. The molecule has 2 aromatic rings. The summed E-state index contributed by atoms with van der Waals surface area (Å²) in [6.07, 6.45) is 2.67. The molecule has 0 radical (unpaired) electrons. The number of rotatable bonds is 5. The lowest BCUT2D eigenvalue weighted by molar-refractivity contribution is -0.112. The minimum atomic E-state index is -0.341. The molecular formula is C19H21N3O2. The normalized spacial score (nSPS) is 10.8. The van der Waals surface area contributed by atoms with Crippen molar-refractivity contribution < 1.29 is 9.59 Å². The van der Waals surface area contributed by atoms with Crippen LogP contribution >= 0.6 is 0 Å². The predicted octanol–water partition coefficient (Wildman–Crippen LogP) is 4.63. The Morgan fingerprint density at radius 1 is 0.875 bits per heavy atom. The molecule has 0 saturated carbocycles. The summed E-state index contributed by atoms with van der Waals surface area (Å²) in [4.78, 5) is 24.0. The standard InChI is InChI=1S/C19H21N3O2/c1-3-8-14(2)18(23)20-16-11-7-12-17(13-16)22-19(24)21-15-9-5-4-6-10-15/h4-13H,3H2,1-2H3,(H,20,23)(H2,21,22,24). The molecule has 0 heterocycles. The molecule has 0 aliphatic heterocycles. The topological polar surface area (TPSA) is 70.2 Å². The van der Waals surface area contributed by atoms with Crippen LogP contribution in [0.25, 0.3) is 0 Å². The van der Waals surface area contributed by atoms with Crippen LogP contribution in [0.5, 0.6) is 0 Å². The number of urea groups is 1. The molecule has 0 aromatic heterocycles. The molecule has 124 valence electrons. The lowest BCUT2D eigenvalue weighted by Gasteiger charge is -2.10. The van der Waals surface area contributed by atoms with E-state index < -0.39 is 0 Å². The zero-order chi connectivity index (χ0) is 17.4. The van der Waals surface area contributed by atoms with Crippen LogP contribution in [0.1, 0.15) is 20.3 Å². The maximum atomic E-state index is 12.0. The zero-order valence-corrected chi connectivity index (χ0v) is 13.8. The summed E-state index contributed by atoms with van der Waals surface area (Å²) in [5.74, 6) is -0.150. The van der Waals surface area contributed by atoms with E-state index >= 15 is 0 Å². The van der Waals surface area contributed by atoms with Gasteiger partial charge in [-0.1, -0.05) is 37.3 Å². The van der Waals surface area contributed by atoms with Gasteiger partial charge >= 0.3 is 6.03 Å². The van der Waals surface area contributed by atoms with E-state index in [-0.39, 0.29) is 11.9 Å². The summed E-state index contributed by atoms with van der Waals surface area (Å²) in [6.45, 7) is 3.75. The van der Waals surface area contributed by atoms with Crippen molar-refractivity contribution in [1.29, 1.82) is 0 Å². The molecule has 0 bridgehead atoms. The fourth-order valence-electron chi connectivity index (χ4n) is 2.12.